The van der Waals surface area contributed by atoms with Crippen molar-refractivity contribution in [3.05, 3.63) is 35.4 Å². The van der Waals surface area contributed by atoms with Crippen molar-refractivity contribution in [1.29, 1.82) is 0 Å². The van der Waals surface area contributed by atoms with Gasteiger partial charge in [-0.05, 0) is 18.9 Å². The van der Waals surface area contributed by atoms with Gasteiger partial charge in [-0.1, -0.05) is 81.7 Å². The number of nitrogens with one attached hydrogen (secondary N) is 1. The fourth-order valence-corrected chi connectivity index (χ4v) is 2.54. The van der Waals surface area contributed by atoms with E-state index in [-0.39, 0.29) is 0 Å². The lowest BCUT2D eigenvalue weighted by atomic mass is 9.99. The lowest BCUT2D eigenvalue weighted by molar-refractivity contribution is 0.475. The number of hydrogen-bond donors (Lipinski definition) is 2. The molecule has 1 unspecified atom stereocenters. The predicted molar refractivity (Wildman–Crippen MR) is 83.9 cm³/mol. The highest BCUT2D eigenvalue weighted by molar-refractivity contribution is 5.24. The summed E-state index contributed by atoms with van der Waals surface area (Å²) < 4.78 is 0. The van der Waals surface area contributed by atoms with Crippen LogP contribution in [0.4, 0.5) is 0 Å². The van der Waals surface area contributed by atoms with Crippen molar-refractivity contribution in [2.75, 3.05) is 0 Å². The van der Waals surface area contributed by atoms with E-state index in [9.17, 15) is 0 Å². The topological polar surface area (TPSA) is 38.0 Å². The molecule has 0 saturated carbocycles. The quantitative estimate of drug-likeness (QED) is 0.366. The number of aryl methyl sites for hydroxylation is 1. The van der Waals surface area contributed by atoms with E-state index in [0.717, 1.165) is 6.42 Å². The fraction of sp³-hybridized carbons (Fsp3) is 0.647. The molecule has 3 N–H and O–H groups in total. The third kappa shape index (κ3) is 6.74. The number of nitrogens with two attached hydrogens (primary N) is 1. The molecule has 0 spiro atoms. The second kappa shape index (κ2) is 9.99. The van der Waals surface area contributed by atoms with E-state index in [1.165, 1.54) is 56.1 Å². The van der Waals surface area contributed by atoms with Crippen LogP contribution in [-0.4, -0.2) is 0 Å². The minimum Gasteiger partial charge on any atom is -0.271 e. The van der Waals surface area contributed by atoms with Crippen LogP contribution in [0.2, 0.25) is 0 Å². The lowest BCUT2D eigenvalue weighted by Crippen LogP contribution is -2.28. The van der Waals surface area contributed by atoms with E-state index >= 15 is 0 Å². The summed E-state index contributed by atoms with van der Waals surface area (Å²) in [6, 6.07) is 8.94. The van der Waals surface area contributed by atoms with E-state index in [2.05, 4.69) is 43.5 Å². The summed E-state index contributed by atoms with van der Waals surface area (Å²) in [5.41, 5.74) is 5.57. The molecule has 0 aliphatic carbocycles. The molecule has 0 aliphatic rings. The van der Waals surface area contributed by atoms with Crippen LogP contribution in [0.25, 0.3) is 0 Å². The summed E-state index contributed by atoms with van der Waals surface area (Å²) in [4.78, 5) is 0. The van der Waals surface area contributed by atoms with E-state index in [0.29, 0.717) is 6.04 Å². The summed E-state index contributed by atoms with van der Waals surface area (Å²) in [5.74, 6) is 5.69. The van der Waals surface area contributed by atoms with Gasteiger partial charge in [0.15, 0.2) is 0 Å². The lowest BCUT2D eigenvalue weighted by Gasteiger charge is -2.16. The summed E-state index contributed by atoms with van der Waals surface area (Å²) in [7, 11) is 0. The molecule has 0 bridgehead atoms. The van der Waals surface area contributed by atoms with Crippen LogP contribution < -0.4 is 11.3 Å². The van der Waals surface area contributed by atoms with Crippen molar-refractivity contribution in [1.82, 2.24) is 5.43 Å². The molecule has 1 aromatic rings. The Morgan fingerprint density at radius 1 is 1.05 bits per heavy atom. The third-order valence-corrected chi connectivity index (χ3v) is 3.74. The van der Waals surface area contributed by atoms with Crippen LogP contribution >= 0.6 is 0 Å². The Balaban J connectivity index is 2.22. The third-order valence-electron chi connectivity index (χ3n) is 3.74. The Kier molecular flexibility index (Phi) is 8.52. The van der Waals surface area contributed by atoms with Crippen LogP contribution in [0, 0.1) is 6.92 Å². The van der Waals surface area contributed by atoms with Gasteiger partial charge in [0.25, 0.3) is 0 Å². The average Bonchev–Trinajstić information content (AvgIpc) is 2.42. The van der Waals surface area contributed by atoms with Gasteiger partial charge in [0.05, 0.1) is 0 Å². The normalized spacial score (nSPS) is 12.6. The Morgan fingerprint density at radius 2 is 1.74 bits per heavy atom. The molecule has 0 amide bonds. The van der Waals surface area contributed by atoms with Crippen molar-refractivity contribution in [3.63, 3.8) is 0 Å². The minimum absolute atomic E-state index is 0.301. The maximum Gasteiger partial charge on any atom is 0.0460 e. The Morgan fingerprint density at radius 3 is 2.37 bits per heavy atom. The Labute approximate surface area is 118 Å². The van der Waals surface area contributed by atoms with Gasteiger partial charge in [-0.25, -0.2) is 0 Å². The second-order valence-corrected chi connectivity index (χ2v) is 5.54. The molecule has 19 heavy (non-hydrogen) atoms. The molecule has 1 aromatic carbocycles. The van der Waals surface area contributed by atoms with Crippen molar-refractivity contribution in [2.24, 2.45) is 5.84 Å². The molecule has 0 saturated heterocycles. The maximum atomic E-state index is 5.69. The molecule has 0 heterocycles. The van der Waals surface area contributed by atoms with Crippen LogP contribution in [0.3, 0.4) is 0 Å². The molecule has 0 aliphatic heterocycles. The molecule has 2 nitrogen and oxygen atoms in total. The van der Waals surface area contributed by atoms with Crippen molar-refractivity contribution in [2.45, 2.75) is 71.3 Å². The van der Waals surface area contributed by atoms with E-state index < -0.39 is 0 Å². The first-order chi connectivity index (χ1) is 9.27. The van der Waals surface area contributed by atoms with Gasteiger partial charge in [-0.3, -0.25) is 11.3 Å². The highest BCUT2D eigenvalue weighted by Gasteiger charge is 2.08. The molecule has 108 valence electrons. The SMILES string of the molecule is CCCCCCCCCC(NN)c1cccc(C)c1. The van der Waals surface area contributed by atoms with Gasteiger partial charge in [0, 0.05) is 6.04 Å². The highest BCUT2D eigenvalue weighted by Crippen LogP contribution is 2.20. The molecular weight excluding hydrogens is 232 g/mol. The highest BCUT2D eigenvalue weighted by atomic mass is 15.2. The largest absolute Gasteiger partial charge is 0.271 e. The summed E-state index contributed by atoms with van der Waals surface area (Å²) in [6.07, 6.45) is 10.6. The number of unbranched alkanes of at least 4 members (excludes halogenated alkanes) is 6. The van der Waals surface area contributed by atoms with Crippen LogP contribution in [-0.2, 0) is 0 Å². The van der Waals surface area contributed by atoms with Crippen LogP contribution in [0.1, 0.15) is 75.5 Å². The monoisotopic (exact) mass is 262 g/mol. The summed E-state index contributed by atoms with van der Waals surface area (Å²) >= 11 is 0. The van der Waals surface area contributed by atoms with Gasteiger partial charge < -0.3 is 0 Å². The smallest absolute Gasteiger partial charge is 0.0460 e. The number of rotatable bonds is 10. The molecule has 0 radical (unpaired) electrons. The first-order valence-corrected chi connectivity index (χ1v) is 7.80. The van der Waals surface area contributed by atoms with E-state index in [1.54, 1.807) is 0 Å². The van der Waals surface area contributed by atoms with Gasteiger partial charge in [-0.15, -0.1) is 0 Å². The first-order valence-electron chi connectivity index (χ1n) is 7.80. The van der Waals surface area contributed by atoms with Crippen LogP contribution in [0.15, 0.2) is 24.3 Å². The zero-order chi connectivity index (χ0) is 13.9. The minimum atomic E-state index is 0.301. The number of hydrogen-bond acceptors (Lipinski definition) is 2. The first kappa shape index (κ1) is 16.2. The van der Waals surface area contributed by atoms with Gasteiger partial charge >= 0.3 is 0 Å². The van der Waals surface area contributed by atoms with Crippen LogP contribution in [0.5, 0.6) is 0 Å². The van der Waals surface area contributed by atoms with Gasteiger partial charge in [-0.2, -0.15) is 0 Å². The molecule has 2 heteroatoms. The van der Waals surface area contributed by atoms with Gasteiger partial charge in [0.2, 0.25) is 0 Å². The zero-order valence-corrected chi connectivity index (χ0v) is 12.6. The fourth-order valence-electron chi connectivity index (χ4n) is 2.54. The molecule has 1 rings (SSSR count). The number of benzene rings is 1. The second-order valence-electron chi connectivity index (χ2n) is 5.54. The Bertz CT molecular complexity index is 336. The summed E-state index contributed by atoms with van der Waals surface area (Å²) in [5, 5.41) is 0. The summed E-state index contributed by atoms with van der Waals surface area (Å²) in [6.45, 7) is 4.39. The maximum absolute atomic E-state index is 5.69. The van der Waals surface area contributed by atoms with Crippen molar-refractivity contribution in [3.8, 4) is 0 Å². The van der Waals surface area contributed by atoms with E-state index in [1.807, 2.05) is 0 Å². The molecule has 0 fully saturated rings. The molecule has 0 aromatic heterocycles. The number of hydrazine groups is 1. The van der Waals surface area contributed by atoms with Crippen molar-refractivity contribution >= 4 is 0 Å². The standard InChI is InChI=1S/C17H30N2/c1-3-4-5-6-7-8-9-13-17(19-18)16-12-10-11-15(2)14-16/h10-12,14,17,19H,3-9,13,18H2,1-2H3. The van der Waals surface area contributed by atoms with Crippen molar-refractivity contribution < 1.29 is 0 Å². The molecule has 1 atom stereocenters. The average molecular weight is 262 g/mol. The van der Waals surface area contributed by atoms with E-state index in [4.69, 9.17) is 5.84 Å². The predicted octanol–water partition coefficient (Wildman–Crippen LogP) is 4.64. The van der Waals surface area contributed by atoms with Gasteiger partial charge in [0.1, 0.15) is 0 Å². The zero-order valence-electron chi connectivity index (χ0n) is 12.6. The molecular formula is C17H30N2. The Hall–Kier alpha value is -0.860.